The van der Waals surface area contributed by atoms with E-state index in [1.54, 1.807) is 13.8 Å². The van der Waals surface area contributed by atoms with Gasteiger partial charge in [-0.05, 0) is 13.8 Å². The minimum absolute atomic E-state index is 0.364. The van der Waals surface area contributed by atoms with Gasteiger partial charge in [-0.15, -0.1) is 0 Å². The molecule has 0 aliphatic rings. The molecule has 0 radical (unpaired) electrons. The molecule has 0 aliphatic carbocycles. The molecule has 0 saturated carbocycles. The molecule has 0 amide bonds. The Balaban J connectivity index is 3.49. The van der Waals surface area contributed by atoms with Crippen LogP contribution in [0.2, 0.25) is 0 Å². The molecule has 0 atom stereocenters. The summed E-state index contributed by atoms with van der Waals surface area (Å²) in [6.07, 6.45) is 0. The summed E-state index contributed by atoms with van der Waals surface area (Å²) in [4.78, 5) is 8.88. The predicted octanol–water partition coefficient (Wildman–Crippen LogP) is 2.32. The highest BCUT2D eigenvalue weighted by Gasteiger charge is 2.23. The highest BCUT2D eigenvalue weighted by atomic mass is 32.2. The summed E-state index contributed by atoms with van der Waals surface area (Å²) in [6, 6.07) is 0. The Morgan fingerprint density at radius 1 is 1.15 bits per heavy atom. The Morgan fingerprint density at radius 3 is 1.85 bits per heavy atom. The van der Waals surface area contributed by atoms with Crippen molar-refractivity contribution in [2.75, 3.05) is 13.2 Å². The zero-order valence-electron chi connectivity index (χ0n) is 7.17. The maximum Gasteiger partial charge on any atom is 0.498 e. The van der Waals surface area contributed by atoms with Crippen molar-refractivity contribution < 1.29 is 25.8 Å². The van der Waals surface area contributed by atoms with Crippen molar-refractivity contribution in [1.29, 1.82) is 0 Å². The Bertz CT molecular complexity index is 153. The van der Waals surface area contributed by atoms with Crippen LogP contribution < -0.4 is 0 Å². The number of phosphoric acid groups is 1. The van der Waals surface area contributed by atoms with Crippen LogP contribution in [0, 0.1) is 0 Å². The van der Waals surface area contributed by atoms with Gasteiger partial charge in [-0.25, -0.2) is 4.57 Å². The molecule has 0 rings (SSSR count). The summed E-state index contributed by atoms with van der Waals surface area (Å²) in [6.45, 7) is 4.16. The molecule has 0 bridgehead atoms. The molecule has 9 heteroatoms. The predicted molar refractivity (Wildman–Crippen MR) is 50.4 cm³/mol. The first-order valence-corrected chi connectivity index (χ1v) is 6.23. The van der Waals surface area contributed by atoms with Gasteiger partial charge in [0.1, 0.15) is 0 Å². The first kappa shape index (κ1) is 13.7. The van der Waals surface area contributed by atoms with Crippen molar-refractivity contribution in [3.05, 3.63) is 0 Å². The minimum atomic E-state index is -4.08. The zero-order valence-corrected chi connectivity index (χ0v) is 9.69. The van der Waals surface area contributed by atoms with Crippen molar-refractivity contribution in [3.63, 3.8) is 0 Å². The van der Waals surface area contributed by atoms with E-state index in [0.29, 0.717) is 37.9 Å². The highest BCUT2D eigenvalue weighted by Crippen LogP contribution is 2.50. The third kappa shape index (κ3) is 9.04. The van der Waals surface area contributed by atoms with Crippen LogP contribution in [0.25, 0.3) is 0 Å². The largest absolute Gasteiger partial charge is 0.498 e. The molecular weight excluding hydrogens is 239 g/mol. The molecule has 0 spiro atoms. The summed E-state index contributed by atoms with van der Waals surface area (Å²) in [5, 5.41) is 0. The number of rotatable bonds is 8. The fourth-order valence-corrected chi connectivity index (χ4v) is 1.70. The van der Waals surface area contributed by atoms with Gasteiger partial charge in [0.25, 0.3) is 0 Å². The maximum atomic E-state index is 10.9. The second-order valence-corrected chi connectivity index (χ2v) is 4.44. The van der Waals surface area contributed by atoms with Gasteiger partial charge in [0, 0.05) is 0 Å². The molecule has 0 heterocycles. The molecule has 80 valence electrons. The third-order valence-electron chi connectivity index (χ3n) is 0.581. The Kier molecular flexibility index (Phi) is 8.53. The molecule has 0 aromatic carbocycles. The van der Waals surface area contributed by atoms with Gasteiger partial charge in [0.2, 0.25) is 0 Å². The fraction of sp³-hybridized carbons (Fsp3) is 1.00. The summed E-state index contributed by atoms with van der Waals surface area (Å²) in [5.41, 5.74) is 0. The van der Waals surface area contributed by atoms with E-state index in [1.807, 2.05) is 0 Å². The number of hydrogen-bond acceptors (Lipinski definition) is 7. The minimum Gasteiger partial charge on any atom is -0.301 e. The standard InChI is InChI=1S/C4H11O6PS2/c1-3-7-12-9-11(5,6)10-13-8-4-2/h3-4H2,1-2H3,(H,5,6). The van der Waals surface area contributed by atoms with Crippen LogP contribution in [0.4, 0.5) is 0 Å². The van der Waals surface area contributed by atoms with Crippen molar-refractivity contribution >= 4 is 32.5 Å². The van der Waals surface area contributed by atoms with Crippen LogP contribution in [0.1, 0.15) is 13.8 Å². The van der Waals surface area contributed by atoms with Crippen molar-refractivity contribution in [2.45, 2.75) is 13.8 Å². The highest BCUT2D eigenvalue weighted by molar-refractivity contribution is 7.97. The second kappa shape index (κ2) is 8.07. The second-order valence-electron chi connectivity index (χ2n) is 1.57. The van der Waals surface area contributed by atoms with E-state index in [0.717, 1.165) is 0 Å². The van der Waals surface area contributed by atoms with E-state index in [1.165, 1.54) is 0 Å². The van der Waals surface area contributed by atoms with Crippen molar-refractivity contribution in [1.82, 2.24) is 0 Å². The van der Waals surface area contributed by atoms with Gasteiger partial charge in [0.15, 0.2) is 24.6 Å². The fourth-order valence-electron chi connectivity index (χ4n) is 0.229. The first-order chi connectivity index (χ1) is 6.12. The first-order valence-electron chi connectivity index (χ1n) is 3.41. The molecule has 0 aliphatic heterocycles. The Labute approximate surface area is 85.7 Å². The van der Waals surface area contributed by atoms with Gasteiger partial charge in [-0.1, -0.05) is 0 Å². The van der Waals surface area contributed by atoms with Crippen molar-refractivity contribution in [2.24, 2.45) is 0 Å². The van der Waals surface area contributed by atoms with Crippen LogP contribution in [-0.2, 0) is 20.9 Å². The van der Waals surface area contributed by atoms with Gasteiger partial charge >= 0.3 is 7.82 Å². The average Bonchev–Trinajstić information content (AvgIpc) is 2.05. The molecule has 0 saturated heterocycles. The normalized spacial score (nSPS) is 11.9. The van der Waals surface area contributed by atoms with Crippen LogP contribution in [-0.4, -0.2) is 18.1 Å². The Morgan fingerprint density at radius 2 is 1.54 bits per heavy atom. The van der Waals surface area contributed by atoms with Crippen LogP contribution >= 0.6 is 32.5 Å². The Hall–Kier alpha value is 0.730. The summed E-state index contributed by atoms with van der Waals surface area (Å²) < 4.78 is 28.7. The lowest BCUT2D eigenvalue weighted by Gasteiger charge is -2.07. The monoisotopic (exact) mass is 250 g/mol. The molecule has 6 nitrogen and oxygen atoms in total. The lowest BCUT2D eigenvalue weighted by Crippen LogP contribution is -1.86. The summed E-state index contributed by atoms with van der Waals surface area (Å²) in [5.74, 6) is 0. The molecule has 0 aromatic heterocycles. The number of hydrogen-bond donors (Lipinski definition) is 1. The van der Waals surface area contributed by atoms with E-state index in [2.05, 4.69) is 16.3 Å². The SMILES string of the molecule is CCOSOP(=O)(O)OSOCC. The molecule has 13 heavy (non-hydrogen) atoms. The van der Waals surface area contributed by atoms with Crippen LogP contribution in [0.5, 0.6) is 0 Å². The van der Waals surface area contributed by atoms with E-state index in [-0.39, 0.29) is 0 Å². The van der Waals surface area contributed by atoms with Crippen molar-refractivity contribution in [3.8, 4) is 0 Å². The lowest BCUT2D eigenvalue weighted by molar-refractivity contribution is 0.283. The quantitative estimate of drug-likeness (QED) is 0.399. The smallest absolute Gasteiger partial charge is 0.301 e. The third-order valence-corrected chi connectivity index (χ3v) is 3.24. The van der Waals surface area contributed by atoms with Gasteiger partial charge in [0.05, 0.1) is 13.2 Å². The topological polar surface area (TPSA) is 74.2 Å². The van der Waals surface area contributed by atoms with Crippen LogP contribution in [0.15, 0.2) is 0 Å². The summed E-state index contributed by atoms with van der Waals surface area (Å²) >= 11 is 0.822. The van der Waals surface area contributed by atoms with E-state index in [4.69, 9.17) is 4.89 Å². The van der Waals surface area contributed by atoms with Gasteiger partial charge < -0.3 is 4.89 Å². The van der Waals surface area contributed by atoms with Crippen LogP contribution in [0.3, 0.4) is 0 Å². The van der Waals surface area contributed by atoms with E-state index >= 15 is 0 Å². The molecule has 0 fully saturated rings. The van der Waals surface area contributed by atoms with E-state index in [9.17, 15) is 4.57 Å². The summed E-state index contributed by atoms with van der Waals surface area (Å²) in [7, 11) is -4.08. The zero-order chi connectivity index (χ0) is 10.2. The molecule has 1 N–H and O–H groups in total. The average molecular weight is 250 g/mol. The maximum absolute atomic E-state index is 10.9. The molecule has 0 unspecified atom stereocenters. The molecular formula is C4H11O6PS2. The van der Waals surface area contributed by atoms with E-state index < -0.39 is 7.82 Å². The molecule has 0 aromatic rings. The lowest BCUT2D eigenvalue weighted by atomic mass is 10.9. The van der Waals surface area contributed by atoms with Gasteiger partial charge in [-0.3, -0.25) is 8.37 Å². The van der Waals surface area contributed by atoms with Gasteiger partial charge in [-0.2, -0.15) is 7.94 Å².